The number of rotatable bonds is 2. The number of aliphatic imine (C=N–C) groups is 2. The van der Waals surface area contributed by atoms with Gasteiger partial charge in [0.1, 0.15) is 5.92 Å². The van der Waals surface area contributed by atoms with Crippen LogP contribution in [-0.4, -0.2) is 43.4 Å². The molecular formula is C17H16Cl2N2O3. The molecule has 2 aliphatic heterocycles. The van der Waals surface area contributed by atoms with Crippen molar-refractivity contribution in [1.29, 1.82) is 0 Å². The molecule has 0 saturated carbocycles. The van der Waals surface area contributed by atoms with Crippen LogP contribution in [0.15, 0.2) is 28.2 Å². The van der Waals surface area contributed by atoms with Gasteiger partial charge in [0, 0.05) is 17.8 Å². The fourth-order valence-electron chi connectivity index (χ4n) is 3.54. The number of ether oxygens (including phenoxy) is 1. The number of carbonyl (C=O) groups excluding carboxylic acids is 2. The Labute approximate surface area is 149 Å². The van der Waals surface area contributed by atoms with Crippen molar-refractivity contribution < 1.29 is 14.3 Å². The Morgan fingerprint density at radius 2 is 2.04 bits per heavy atom. The second-order valence-electron chi connectivity index (χ2n) is 5.91. The summed E-state index contributed by atoms with van der Waals surface area (Å²) in [4.78, 5) is 33.6. The van der Waals surface area contributed by atoms with E-state index in [0.717, 1.165) is 0 Å². The summed E-state index contributed by atoms with van der Waals surface area (Å²) < 4.78 is 4.96. The maximum atomic E-state index is 12.6. The van der Waals surface area contributed by atoms with E-state index in [4.69, 9.17) is 27.9 Å². The van der Waals surface area contributed by atoms with E-state index >= 15 is 0 Å². The zero-order chi connectivity index (χ0) is 17.4. The molecule has 7 heteroatoms. The van der Waals surface area contributed by atoms with Crippen molar-refractivity contribution in [3.05, 3.63) is 33.8 Å². The number of ketones is 1. The molecule has 2 heterocycles. The zero-order valence-corrected chi connectivity index (χ0v) is 14.7. The van der Waals surface area contributed by atoms with E-state index in [1.54, 1.807) is 31.3 Å². The van der Waals surface area contributed by atoms with Crippen molar-refractivity contribution in [1.82, 2.24) is 0 Å². The van der Waals surface area contributed by atoms with E-state index in [0.29, 0.717) is 21.3 Å². The highest BCUT2D eigenvalue weighted by molar-refractivity contribution is 6.42. The van der Waals surface area contributed by atoms with Crippen molar-refractivity contribution >= 4 is 46.9 Å². The second kappa shape index (κ2) is 6.65. The van der Waals surface area contributed by atoms with Gasteiger partial charge >= 0.3 is 5.97 Å². The van der Waals surface area contributed by atoms with Crippen molar-refractivity contribution in [2.45, 2.75) is 18.9 Å². The first-order chi connectivity index (χ1) is 11.5. The van der Waals surface area contributed by atoms with Gasteiger partial charge < -0.3 is 4.74 Å². The number of fused-ring (bicyclic) bond motifs is 1. The summed E-state index contributed by atoms with van der Waals surface area (Å²) in [5.74, 6) is -2.17. The van der Waals surface area contributed by atoms with E-state index < -0.39 is 29.8 Å². The normalized spacial score (nSPS) is 29.0. The first-order valence-corrected chi connectivity index (χ1v) is 8.30. The number of halogens is 2. The number of Topliss-reactive ketones (excluding diaryl/α,β-unsaturated/α-hetero) is 1. The predicted octanol–water partition coefficient (Wildman–Crippen LogP) is 2.98. The van der Waals surface area contributed by atoms with Gasteiger partial charge in [-0.3, -0.25) is 19.6 Å². The lowest BCUT2D eigenvalue weighted by atomic mass is 9.68. The lowest BCUT2D eigenvalue weighted by Crippen LogP contribution is -2.48. The summed E-state index contributed by atoms with van der Waals surface area (Å²) in [5, 5.41) is 0.730. The van der Waals surface area contributed by atoms with Crippen molar-refractivity contribution in [2.24, 2.45) is 21.8 Å². The molecule has 24 heavy (non-hydrogen) atoms. The third-order valence-electron chi connectivity index (χ3n) is 4.59. The van der Waals surface area contributed by atoms with Crippen molar-refractivity contribution in [3.63, 3.8) is 0 Å². The third-order valence-corrected chi connectivity index (χ3v) is 5.42. The highest BCUT2D eigenvalue weighted by atomic mass is 35.5. The summed E-state index contributed by atoms with van der Waals surface area (Å²) in [6, 6.07) is 4.83. The van der Waals surface area contributed by atoms with Gasteiger partial charge in [-0.25, -0.2) is 0 Å². The molecule has 0 amide bonds. The molecule has 0 saturated heterocycles. The third kappa shape index (κ3) is 2.76. The first-order valence-electron chi connectivity index (χ1n) is 7.54. The molecule has 0 aromatic heterocycles. The van der Waals surface area contributed by atoms with Gasteiger partial charge in [-0.2, -0.15) is 0 Å². The molecule has 0 spiro atoms. The topological polar surface area (TPSA) is 68.1 Å². The van der Waals surface area contributed by atoms with Gasteiger partial charge in [0.2, 0.25) is 0 Å². The highest BCUT2D eigenvalue weighted by Crippen LogP contribution is 2.45. The molecule has 1 aromatic rings. The molecule has 5 nitrogen and oxygen atoms in total. The number of methoxy groups -OCH3 is 1. The van der Waals surface area contributed by atoms with Crippen LogP contribution in [0.5, 0.6) is 0 Å². The Kier molecular flexibility index (Phi) is 4.74. The summed E-state index contributed by atoms with van der Waals surface area (Å²) in [6.45, 7) is 1.84. The SMILES string of the molecule is COC(=O)C1C(C)=NC2C=NCC(=O)C2C1c1cccc(Cl)c1Cl. The number of hydrogen-bond donors (Lipinski definition) is 0. The van der Waals surface area contributed by atoms with Crippen LogP contribution in [0.3, 0.4) is 0 Å². The number of benzene rings is 1. The number of hydrogen-bond acceptors (Lipinski definition) is 5. The largest absolute Gasteiger partial charge is 0.468 e. The smallest absolute Gasteiger partial charge is 0.315 e. The maximum absolute atomic E-state index is 12.6. The van der Waals surface area contributed by atoms with Crippen LogP contribution in [0.25, 0.3) is 0 Å². The Morgan fingerprint density at radius 3 is 2.75 bits per heavy atom. The molecule has 3 rings (SSSR count). The van der Waals surface area contributed by atoms with E-state index in [9.17, 15) is 9.59 Å². The van der Waals surface area contributed by atoms with Gasteiger partial charge in [-0.1, -0.05) is 35.3 Å². The molecular weight excluding hydrogens is 351 g/mol. The monoisotopic (exact) mass is 366 g/mol. The second-order valence-corrected chi connectivity index (χ2v) is 6.70. The summed E-state index contributed by atoms with van der Waals surface area (Å²) in [7, 11) is 1.32. The fraction of sp³-hybridized carbons (Fsp3) is 0.412. The average Bonchev–Trinajstić information content (AvgIpc) is 2.56. The standard InChI is InChI=1S/C17H16Cl2N2O3/c1-8-13(17(23)24-2)14(9-4-3-5-10(18)16(9)19)15-11(21-8)6-20-7-12(15)22/h3-6,11,13-15H,7H2,1-2H3. The van der Waals surface area contributed by atoms with Crippen LogP contribution in [0.1, 0.15) is 18.4 Å². The molecule has 0 fully saturated rings. The molecule has 1 aromatic carbocycles. The molecule has 0 N–H and O–H groups in total. The van der Waals surface area contributed by atoms with Crippen LogP contribution in [0, 0.1) is 11.8 Å². The first kappa shape index (κ1) is 17.1. The van der Waals surface area contributed by atoms with E-state index in [1.807, 2.05) is 0 Å². The molecule has 0 aliphatic carbocycles. The van der Waals surface area contributed by atoms with Crippen LogP contribution >= 0.6 is 23.2 Å². The van der Waals surface area contributed by atoms with Crippen LogP contribution in [0.2, 0.25) is 10.0 Å². The van der Waals surface area contributed by atoms with Crippen molar-refractivity contribution in [3.8, 4) is 0 Å². The molecule has 2 aliphatic rings. The summed E-state index contributed by atoms with van der Waals surface area (Å²) >= 11 is 12.6. The Hall–Kier alpha value is -1.72. The van der Waals surface area contributed by atoms with Gasteiger partial charge in [-0.15, -0.1) is 0 Å². The highest BCUT2D eigenvalue weighted by Gasteiger charge is 2.49. The minimum absolute atomic E-state index is 0.0614. The summed E-state index contributed by atoms with van der Waals surface area (Å²) in [5.41, 5.74) is 1.26. The predicted molar refractivity (Wildman–Crippen MR) is 93.5 cm³/mol. The summed E-state index contributed by atoms with van der Waals surface area (Å²) in [6.07, 6.45) is 1.68. The van der Waals surface area contributed by atoms with E-state index in [2.05, 4.69) is 9.98 Å². The van der Waals surface area contributed by atoms with Crippen LogP contribution in [-0.2, 0) is 14.3 Å². The minimum Gasteiger partial charge on any atom is -0.468 e. The van der Waals surface area contributed by atoms with Gasteiger partial charge in [0.15, 0.2) is 5.78 Å². The van der Waals surface area contributed by atoms with E-state index in [-0.39, 0.29) is 12.3 Å². The lowest BCUT2D eigenvalue weighted by molar-refractivity contribution is -0.144. The Morgan fingerprint density at radius 1 is 1.29 bits per heavy atom. The maximum Gasteiger partial charge on any atom is 0.315 e. The molecule has 4 unspecified atom stereocenters. The molecule has 126 valence electrons. The van der Waals surface area contributed by atoms with Gasteiger partial charge in [0.25, 0.3) is 0 Å². The lowest BCUT2D eigenvalue weighted by Gasteiger charge is -2.39. The number of nitrogens with zero attached hydrogens (tertiary/aromatic N) is 2. The Balaban J connectivity index is 2.21. The van der Waals surface area contributed by atoms with Gasteiger partial charge in [-0.05, 0) is 18.6 Å². The minimum atomic E-state index is -0.678. The van der Waals surface area contributed by atoms with Crippen LogP contribution < -0.4 is 0 Å². The van der Waals surface area contributed by atoms with Crippen LogP contribution in [0.4, 0.5) is 0 Å². The fourth-order valence-corrected chi connectivity index (χ4v) is 3.98. The molecule has 0 radical (unpaired) electrons. The van der Waals surface area contributed by atoms with Crippen molar-refractivity contribution in [2.75, 3.05) is 13.7 Å². The zero-order valence-electron chi connectivity index (χ0n) is 13.2. The van der Waals surface area contributed by atoms with Gasteiger partial charge in [0.05, 0.1) is 35.7 Å². The molecule has 0 bridgehead atoms. The number of carbonyl (C=O) groups is 2. The average molecular weight is 367 g/mol. The molecule has 4 atom stereocenters. The quantitative estimate of drug-likeness (QED) is 0.755. The number of esters is 1. The Bertz CT molecular complexity index is 760. The van der Waals surface area contributed by atoms with E-state index in [1.165, 1.54) is 7.11 Å².